The third-order valence-electron chi connectivity index (χ3n) is 14.6. The van der Waals surface area contributed by atoms with Gasteiger partial charge < -0.3 is 9.80 Å². The molecule has 0 spiro atoms. The summed E-state index contributed by atoms with van der Waals surface area (Å²) < 4.78 is 0. The van der Waals surface area contributed by atoms with Crippen LogP contribution in [-0.4, -0.2) is 6.71 Å². The van der Waals surface area contributed by atoms with Crippen molar-refractivity contribution in [1.29, 1.82) is 0 Å². The Bertz CT molecular complexity index is 2800. The summed E-state index contributed by atoms with van der Waals surface area (Å²) in [6, 6.07) is 44.0. The van der Waals surface area contributed by atoms with E-state index in [2.05, 4.69) is 237 Å². The highest BCUT2D eigenvalue weighted by atomic mass is 15.2. The van der Waals surface area contributed by atoms with Gasteiger partial charge in [-0.2, -0.15) is 0 Å². The van der Waals surface area contributed by atoms with Gasteiger partial charge in [0.2, 0.25) is 0 Å². The summed E-state index contributed by atoms with van der Waals surface area (Å²) in [5.74, 6) is 0. The SMILES string of the molecule is CC1(C)Cc2cc3c(cc2C1)N(c1ccc(C(C)(C)C)cc1-c1ccc(C(C)(C)C)cc1)c1cc(C(C)(C)C)cc2c1B3c1cc(C(C)(C)C)ccc1N2c1ccc(C(C)(C)C)cc1. The monoisotopic (exact) mass is 845 g/mol. The van der Waals surface area contributed by atoms with Crippen LogP contribution in [0.25, 0.3) is 11.1 Å². The lowest BCUT2D eigenvalue weighted by Crippen LogP contribution is -2.61. The Morgan fingerprint density at radius 3 is 1.36 bits per heavy atom. The molecular formula is C61H73BN2. The lowest BCUT2D eigenvalue weighted by atomic mass is 9.33. The Balaban J connectivity index is 1.42. The maximum absolute atomic E-state index is 2.70. The third-order valence-corrected chi connectivity index (χ3v) is 14.6. The van der Waals surface area contributed by atoms with Gasteiger partial charge in [0.15, 0.2) is 0 Å². The Morgan fingerprint density at radius 2 is 0.828 bits per heavy atom. The molecule has 2 heterocycles. The van der Waals surface area contributed by atoms with E-state index in [1.54, 1.807) is 0 Å². The molecule has 2 nitrogen and oxygen atoms in total. The molecule has 330 valence electrons. The molecule has 0 N–H and O–H groups in total. The van der Waals surface area contributed by atoms with Gasteiger partial charge in [0.25, 0.3) is 6.71 Å². The largest absolute Gasteiger partial charge is 0.311 e. The number of anilines is 6. The lowest BCUT2D eigenvalue weighted by molar-refractivity contribution is 0.392. The fourth-order valence-electron chi connectivity index (χ4n) is 10.7. The van der Waals surface area contributed by atoms with E-state index >= 15 is 0 Å². The second-order valence-corrected chi connectivity index (χ2v) is 25.6. The van der Waals surface area contributed by atoms with E-state index in [1.165, 1.54) is 101 Å². The number of benzene rings is 6. The van der Waals surface area contributed by atoms with Crippen LogP contribution in [-0.2, 0) is 39.9 Å². The van der Waals surface area contributed by atoms with Gasteiger partial charge in [-0.25, -0.2) is 0 Å². The predicted octanol–water partition coefficient (Wildman–Crippen LogP) is 15.0. The van der Waals surface area contributed by atoms with Crippen LogP contribution in [0.1, 0.15) is 157 Å². The normalized spacial score (nSPS) is 15.8. The molecule has 64 heavy (non-hydrogen) atoms. The summed E-state index contributed by atoms with van der Waals surface area (Å²) in [6.45, 7) is 40.1. The minimum absolute atomic E-state index is 0.00878. The molecule has 0 unspecified atom stereocenters. The van der Waals surface area contributed by atoms with E-state index in [1.807, 2.05) is 0 Å². The van der Waals surface area contributed by atoms with Gasteiger partial charge in [-0.05, 0) is 155 Å². The molecule has 6 aromatic rings. The van der Waals surface area contributed by atoms with Crippen LogP contribution < -0.4 is 26.2 Å². The van der Waals surface area contributed by atoms with Crippen molar-refractivity contribution in [2.24, 2.45) is 5.41 Å². The summed E-state index contributed by atoms with van der Waals surface area (Å²) in [7, 11) is 0. The molecule has 0 saturated heterocycles. The first kappa shape index (κ1) is 44.2. The second-order valence-electron chi connectivity index (χ2n) is 25.6. The zero-order valence-corrected chi connectivity index (χ0v) is 42.3. The van der Waals surface area contributed by atoms with Crippen LogP contribution in [0.4, 0.5) is 34.1 Å². The highest BCUT2D eigenvalue weighted by molar-refractivity contribution is 7.00. The molecule has 0 atom stereocenters. The Morgan fingerprint density at radius 1 is 0.391 bits per heavy atom. The molecule has 1 aliphatic carbocycles. The summed E-state index contributed by atoms with van der Waals surface area (Å²) in [5.41, 5.74) is 24.3. The van der Waals surface area contributed by atoms with E-state index in [-0.39, 0.29) is 39.2 Å². The van der Waals surface area contributed by atoms with E-state index < -0.39 is 0 Å². The average Bonchev–Trinajstić information content (AvgIpc) is 3.50. The molecule has 6 aromatic carbocycles. The van der Waals surface area contributed by atoms with Crippen molar-refractivity contribution in [3.05, 3.63) is 148 Å². The molecule has 0 radical (unpaired) electrons. The van der Waals surface area contributed by atoms with Crippen molar-refractivity contribution in [2.75, 3.05) is 9.80 Å². The molecule has 0 fully saturated rings. The summed E-state index contributed by atoms with van der Waals surface area (Å²) >= 11 is 0. The minimum atomic E-state index is -0.102. The predicted molar refractivity (Wildman–Crippen MR) is 281 cm³/mol. The fraction of sp³-hybridized carbons (Fsp3) is 0.410. The zero-order valence-electron chi connectivity index (χ0n) is 42.3. The number of hydrogen-bond donors (Lipinski definition) is 0. The first-order chi connectivity index (χ1) is 29.6. The van der Waals surface area contributed by atoms with Crippen LogP contribution in [0, 0.1) is 5.41 Å². The number of hydrogen-bond acceptors (Lipinski definition) is 2. The van der Waals surface area contributed by atoms with Gasteiger partial charge in [0.1, 0.15) is 0 Å². The van der Waals surface area contributed by atoms with Crippen LogP contribution >= 0.6 is 0 Å². The van der Waals surface area contributed by atoms with E-state index in [9.17, 15) is 0 Å². The molecule has 0 bridgehead atoms. The van der Waals surface area contributed by atoms with Crippen molar-refractivity contribution < 1.29 is 0 Å². The topological polar surface area (TPSA) is 6.48 Å². The van der Waals surface area contributed by atoms with Crippen LogP contribution in [0.5, 0.6) is 0 Å². The minimum Gasteiger partial charge on any atom is -0.311 e. The molecule has 0 amide bonds. The van der Waals surface area contributed by atoms with Gasteiger partial charge in [-0.1, -0.05) is 178 Å². The molecule has 2 aliphatic heterocycles. The van der Waals surface area contributed by atoms with Gasteiger partial charge in [-0.3, -0.25) is 0 Å². The van der Waals surface area contributed by atoms with Crippen molar-refractivity contribution in [1.82, 2.24) is 0 Å². The van der Waals surface area contributed by atoms with Gasteiger partial charge in [0.05, 0.1) is 5.69 Å². The smallest absolute Gasteiger partial charge is 0.252 e. The summed E-state index contributed by atoms with van der Waals surface area (Å²) in [4.78, 5) is 5.30. The number of nitrogens with zero attached hydrogens (tertiary/aromatic N) is 2. The fourth-order valence-corrected chi connectivity index (χ4v) is 10.7. The molecule has 0 aromatic heterocycles. The van der Waals surface area contributed by atoms with Gasteiger partial charge >= 0.3 is 0 Å². The quantitative estimate of drug-likeness (QED) is 0.164. The maximum Gasteiger partial charge on any atom is 0.252 e. The lowest BCUT2D eigenvalue weighted by Gasteiger charge is -2.46. The van der Waals surface area contributed by atoms with Crippen LogP contribution in [0.2, 0.25) is 0 Å². The Hall–Kier alpha value is -5.02. The van der Waals surface area contributed by atoms with Crippen molar-refractivity contribution in [2.45, 2.75) is 158 Å². The first-order valence-corrected chi connectivity index (χ1v) is 24.1. The Labute approximate surface area is 387 Å². The summed E-state index contributed by atoms with van der Waals surface area (Å²) in [6.07, 6.45) is 2.18. The van der Waals surface area contributed by atoms with Crippen molar-refractivity contribution in [3.8, 4) is 11.1 Å². The Kier molecular flexibility index (Phi) is 10.0. The first-order valence-electron chi connectivity index (χ1n) is 24.1. The highest BCUT2D eigenvalue weighted by Gasteiger charge is 2.46. The molecule has 0 saturated carbocycles. The average molecular weight is 845 g/mol. The van der Waals surface area contributed by atoms with E-state index in [4.69, 9.17) is 0 Å². The molecular weight excluding hydrogens is 771 g/mol. The standard InChI is InChI=1S/C61H73BN2/c1-56(2,3)41-20-18-38(19-21-41)47-32-43(58(7,8)9)24-28-50(47)64-52-31-40-37-61(16,17)36-39(40)30-48(52)62-49-33-44(59(10,11)12)25-29-51(49)63(46-26-22-42(23-27-46)57(4,5)6)53-34-45(60(13,14)15)35-54(64)55(53)62/h18-35H,36-37H2,1-17H3. The van der Waals surface area contributed by atoms with E-state index in [0.717, 1.165) is 12.8 Å². The second kappa shape index (κ2) is 14.5. The highest BCUT2D eigenvalue weighted by Crippen LogP contribution is 2.50. The van der Waals surface area contributed by atoms with E-state index in [0.29, 0.717) is 0 Å². The van der Waals surface area contributed by atoms with Crippen molar-refractivity contribution in [3.63, 3.8) is 0 Å². The third kappa shape index (κ3) is 7.63. The zero-order chi connectivity index (χ0) is 46.3. The number of rotatable bonds is 3. The molecule has 3 heteroatoms. The van der Waals surface area contributed by atoms with Crippen LogP contribution in [0.3, 0.4) is 0 Å². The number of fused-ring (bicyclic) bond motifs is 5. The van der Waals surface area contributed by atoms with Gasteiger partial charge in [0, 0.05) is 34.0 Å². The van der Waals surface area contributed by atoms with Gasteiger partial charge in [-0.15, -0.1) is 0 Å². The van der Waals surface area contributed by atoms with Crippen LogP contribution in [0.15, 0.2) is 109 Å². The molecule has 3 aliphatic rings. The molecule has 9 rings (SSSR count). The summed E-state index contributed by atoms with van der Waals surface area (Å²) in [5, 5.41) is 0. The van der Waals surface area contributed by atoms with Crippen molar-refractivity contribution >= 4 is 57.2 Å². The maximum atomic E-state index is 2.70.